The van der Waals surface area contributed by atoms with Crippen molar-refractivity contribution in [2.24, 2.45) is 0 Å². The number of thioether (sulfide) groups is 1. The first-order chi connectivity index (χ1) is 13.3. The van der Waals surface area contributed by atoms with Gasteiger partial charge in [-0.1, -0.05) is 64.4 Å². The molecule has 0 saturated carbocycles. The van der Waals surface area contributed by atoms with Crippen LogP contribution in [0.2, 0.25) is 0 Å². The highest BCUT2D eigenvalue weighted by molar-refractivity contribution is 9.10. The molecule has 1 aliphatic rings. The predicted molar refractivity (Wildman–Crippen MR) is 114 cm³/mol. The summed E-state index contributed by atoms with van der Waals surface area (Å²) >= 11 is 5.24. The molecule has 1 saturated heterocycles. The molecule has 1 aliphatic heterocycles. The van der Waals surface area contributed by atoms with Crippen LogP contribution < -0.4 is 0 Å². The van der Waals surface area contributed by atoms with Crippen LogP contribution in [0.1, 0.15) is 30.7 Å². The Morgan fingerprint density at radius 3 is 2.37 bits per heavy atom. The third kappa shape index (κ3) is 4.81. The number of nitrogens with zero attached hydrogens (tertiary/aromatic N) is 4. The summed E-state index contributed by atoms with van der Waals surface area (Å²) in [5.74, 6) is 1.91. The van der Waals surface area contributed by atoms with E-state index >= 15 is 0 Å². The Morgan fingerprint density at radius 1 is 0.889 bits per heavy atom. The van der Waals surface area contributed by atoms with E-state index in [4.69, 9.17) is 0 Å². The number of benzene rings is 2. The molecule has 4 nitrogen and oxygen atoms in total. The van der Waals surface area contributed by atoms with Crippen LogP contribution in [0.4, 0.5) is 0 Å². The molecular formula is C21H23BrN4S. The molecule has 0 N–H and O–H groups in total. The van der Waals surface area contributed by atoms with Gasteiger partial charge in [0, 0.05) is 15.9 Å². The Morgan fingerprint density at radius 2 is 1.63 bits per heavy atom. The van der Waals surface area contributed by atoms with Crippen LogP contribution >= 0.6 is 27.7 Å². The van der Waals surface area contributed by atoms with Crippen molar-refractivity contribution in [2.75, 3.05) is 13.1 Å². The zero-order valence-electron chi connectivity index (χ0n) is 15.2. The van der Waals surface area contributed by atoms with E-state index in [0.29, 0.717) is 0 Å². The molecule has 6 heteroatoms. The van der Waals surface area contributed by atoms with Gasteiger partial charge in [0.2, 0.25) is 0 Å². The van der Waals surface area contributed by atoms with Gasteiger partial charge in [0.15, 0.2) is 11.0 Å². The molecule has 4 rings (SSSR count). The molecule has 1 aromatic heterocycles. The molecule has 2 aromatic carbocycles. The summed E-state index contributed by atoms with van der Waals surface area (Å²) in [6.45, 7) is 3.17. The van der Waals surface area contributed by atoms with Crippen LogP contribution in [-0.2, 0) is 12.3 Å². The van der Waals surface area contributed by atoms with E-state index in [1.54, 1.807) is 11.8 Å². The number of para-hydroxylation sites is 1. The fraction of sp³-hybridized carbons (Fsp3) is 0.333. The minimum absolute atomic E-state index is 0.862. The SMILES string of the molecule is Brc1ccc(CSc2nnc(CN3CCCCC3)n2-c2ccccc2)cc1. The first-order valence-electron chi connectivity index (χ1n) is 9.39. The molecule has 2 heterocycles. The first kappa shape index (κ1) is 18.7. The Hall–Kier alpha value is -1.63. The van der Waals surface area contributed by atoms with Crippen molar-refractivity contribution in [1.82, 2.24) is 19.7 Å². The molecule has 0 aliphatic carbocycles. The van der Waals surface area contributed by atoms with Gasteiger partial charge in [-0.15, -0.1) is 10.2 Å². The predicted octanol–water partition coefficient (Wildman–Crippen LogP) is 5.31. The van der Waals surface area contributed by atoms with Crippen molar-refractivity contribution in [3.63, 3.8) is 0 Å². The van der Waals surface area contributed by atoms with Crippen molar-refractivity contribution >= 4 is 27.7 Å². The van der Waals surface area contributed by atoms with Gasteiger partial charge < -0.3 is 0 Å². The molecule has 27 heavy (non-hydrogen) atoms. The lowest BCUT2D eigenvalue weighted by atomic mass is 10.1. The second kappa shape index (κ2) is 9.04. The van der Waals surface area contributed by atoms with Gasteiger partial charge in [-0.3, -0.25) is 9.47 Å². The van der Waals surface area contributed by atoms with Crippen molar-refractivity contribution in [3.8, 4) is 5.69 Å². The van der Waals surface area contributed by atoms with Crippen LogP contribution in [-0.4, -0.2) is 32.8 Å². The molecule has 1 fully saturated rings. The maximum atomic E-state index is 4.56. The van der Waals surface area contributed by atoms with Crippen LogP contribution in [0, 0.1) is 0 Å². The van der Waals surface area contributed by atoms with Gasteiger partial charge in [0.05, 0.1) is 6.54 Å². The highest BCUT2D eigenvalue weighted by atomic mass is 79.9. The molecule has 0 radical (unpaired) electrons. The number of hydrogen-bond donors (Lipinski definition) is 0. The molecule has 0 unspecified atom stereocenters. The highest BCUT2D eigenvalue weighted by Crippen LogP contribution is 2.26. The standard InChI is InChI=1S/C21H23BrN4S/c22-18-11-9-17(10-12-18)16-27-21-24-23-20(15-25-13-5-2-6-14-25)26(21)19-7-3-1-4-8-19/h1,3-4,7-12H,2,5-6,13-16H2. The van der Waals surface area contributed by atoms with Crippen molar-refractivity contribution in [1.29, 1.82) is 0 Å². The summed E-state index contributed by atoms with van der Waals surface area (Å²) in [5.41, 5.74) is 2.41. The zero-order valence-corrected chi connectivity index (χ0v) is 17.6. The van der Waals surface area contributed by atoms with E-state index in [1.165, 1.54) is 24.8 Å². The Labute approximate surface area is 173 Å². The maximum Gasteiger partial charge on any atom is 0.196 e. The first-order valence-corrected chi connectivity index (χ1v) is 11.2. The fourth-order valence-corrected chi connectivity index (χ4v) is 4.57. The van der Waals surface area contributed by atoms with E-state index < -0.39 is 0 Å². The van der Waals surface area contributed by atoms with Crippen LogP contribution in [0.15, 0.2) is 64.2 Å². The van der Waals surface area contributed by atoms with E-state index in [2.05, 4.69) is 84.1 Å². The Kier molecular flexibility index (Phi) is 6.27. The quantitative estimate of drug-likeness (QED) is 0.484. The van der Waals surface area contributed by atoms with Gasteiger partial charge in [0.25, 0.3) is 0 Å². The molecule has 0 atom stereocenters. The monoisotopic (exact) mass is 442 g/mol. The third-order valence-corrected chi connectivity index (χ3v) is 6.34. The smallest absolute Gasteiger partial charge is 0.196 e. The number of hydrogen-bond acceptors (Lipinski definition) is 4. The number of piperidine rings is 1. The molecule has 140 valence electrons. The van der Waals surface area contributed by atoms with Crippen LogP contribution in [0.5, 0.6) is 0 Å². The maximum absolute atomic E-state index is 4.56. The Balaban J connectivity index is 1.57. The van der Waals surface area contributed by atoms with Gasteiger partial charge in [-0.2, -0.15) is 0 Å². The number of halogens is 1. The van der Waals surface area contributed by atoms with Gasteiger partial charge in [-0.25, -0.2) is 0 Å². The zero-order chi connectivity index (χ0) is 18.5. The summed E-state index contributed by atoms with van der Waals surface area (Å²) in [4.78, 5) is 2.50. The van der Waals surface area contributed by atoms with Gasteiger partial charge >= 0.3 is 0 Å². The average molecular weight is 443 g/mol. The lowest BCUT2D eigenvalue weighted by Crippen LogP contribution is -2.30. The summed E-state index contributed by atoms with van der Waals surface area (Å²) in [6.07, 6.45) is 3.91. The third-order valence-electron chi connectivity index (χ3n) is 4.81. The minimum Gasteiger partial charge on any atom is -0.296 e. The van der Waals surface area contributed by atoms with Gasteiger partial charge in [-0.05, 0) is 55.8 Å². The summed E-state index contributed by atoms with van der Waals surface area (Å²) in [5, 5.41) is 10.0. The largest absolute Gasteiger partial charge is 0.296 e. The van der Waals surface area contributed by atoms with E-state index in [-0.39, 0.29) is 0 Å². The summed E-state index contributed by atoms with van der Waals surface area (Å²) in [7, 11) is 0. The van der Waals surface area contributed by atoms with E-state index in [9.17, 15) is 0 Å². The molecule has 0 bridgehead atoms. The number of rotatable bonds is 6. The summed E-state index contributed by atoms with van der Waals surface area (Å²) < 4.78 is 3.32. The summed E-state index contributed by atoms with van der Waals surface area (Å²) in [6, 6.07) is 18.9. The highest BCUT2D eigenvalue weighted by Gasteiger charge is 2.18. The second-order valence-corrected chi connectivity index (χ2v) is 8.68. The second-order valence-electron chi connectivity index (χ2n) is 6.82. The van der Waals surface area contributed by atoms with Crippen molar-refractivity contribution < 1.29 is 0 Å². The Bertz CT molecular complexity index is 858. The topological polar surface area (TPSA) is 34.0 Å². The lowest BCUT2D eigenvalue weighted by Gasteiger charge is -2.26. The minimum atomic E-state index is 0.862. The van der Waals surface area contributed by atoms with Crippen LogP contribution in [0.3, 0.4) is 0 Å². The van der Waals surface area contributed by atoms with Crippen molar-refractivity contribution in [2.45, 2.75) is 36.7 Å². The van der Waals surface area contributed by atoms with E-state index in [1.807, 2.05) is 6.07 Å². The average Bonchev–Trinajstić information content (AvgIpc) is 3.11. The molecule has 0 spiro atoms. The molecule has 0 amide bonds. The normalized spacial score (nSPS) is 15.1. The number of aromatic nitrogens is 3. The van der Waals surface area contributed by atoms with Gasteiger partial charge in [0.1, 0.15) is 0 Å². The fourth-order valence-electron chi connectivity index (χ4n) is 3.38. The molecular weight excluding hydrogens is 420 g/mol. The lowest BCUT2D eigenvalue weighted by molar-refractivity contribution is 0.214. The number of likely N-dealkylation sites (tertiary alicyclic amines) is 1. The van der Waals surface area contributed by atoms with E-state index in [0.717, 1.165) is 46.5 Å². The van der Waals surface area contributed by atoms with Crippen molar-refractivity contribution in [3.05, 3.63) is 70.5 Å². The molecule has 3 aromatic rings. The van der Waals surface area contributed by atoms with Crippen LogP contribution in [0.25, 0.3) is 5.69 Å².